The molecule has 1 saturated carbocycles. The van der Waals surface area contributed by atoms with Crippen LogP contribution in [-0.2, 0) is 21.8 Å². The van der Waals surface area contributed by atoms with Gasteiger partial charge in [-0.05, 0) is 24.8 Å². The monoisotopic (exact) mass is 375 g/mol. The lowest BCUT2D eigenvalue weighted by Gasteiger charge is -2.15. The zero-order valence-corrected chi connectivity index (χ0v) is 15.1. The molecule has 138 valence electrons. The quantitative estimate of drug-likeness (QED) is 0.694. The van der Waals surface area contributed by atoms with Gasteiger partial charge in [-0.2, -0.15) is 4.98 Å². The Morgan fingerprint density at radius 1 is 1.15 bits per heavy atom. The summed E-state index contributed by atoms with van der Waals surface area (Å²) < 4.78 is 26.1. The van der Waals surface area contributed by atoms with Crippen molar-refractivity contribution in [2.75, 3.05) is 11.5 Å². The van der Waals surface area contributed by atoms with E-state index in [1.54, 1.807) is 12.2 Å². The average Bonchev–Trinajstić information content (AvgIpc) is 3.37. The molecule has 26 heavy (non-hydrogen) atoms. The van der Waals surface area contributed by atoms with Gasteiger partial charge in [0.2, 0.25) is 0 Å². The number of benzene rings is 1. The molecular weight excluding hydrogens is 354 g/mol. The molecule has 0 amide bonds. The van der Waals surface area contributed by atoms with E-state index in [2.05, 4.69) is 9.97 Å². The van der Waals surface area contributed by atoms with E-state index in [1.165, 1.54) is 10.9 Å². The van der Waals surface area contributed by atoms with Gasteiger partial charge in [0, 0.05) is 12.0 Å². The molecule has 2 aromatic rings. The van der Waals surface area contributed by atoms with Crippen LogP contribution in [-0.4, -0.2) is 34.5 Å². The van der Waals surface area contributed by atoms with Crippen molar-refractivity contribution >= 4 is 9.84 Å². The van der Waals surface area contributed by atoms with Gasteiger partial charge >= 0.3 is 11.4 Å². The maximum Gasteiger partial charge on any atom is 0.350 e. The van der Waals surface area contributed by atoms with Crippen molar-refractivity contribution in [3.63, 3.8) is 0 Å². The van der Waals surface area contributed by atoms with Crippen molar-refractivity contribution in [3.8, 4) is 0 Å². The van der Waals surface area contributed by atoms with Crippen molar-refractivity contribution in [2.45, 2.75) is 31.2 Å². The summed E-state index contributed by atoms with van der Waals surface area (Å²) in [5.41, 5.74) is -0.336. The first-order chi connectivity index (χ1) is 12.4. The van der Waals surface area contributed by atoms with Gasteiger partial charge in [0.05, 0.1) is 11.5 Å². The Hall–Kier alpha value is -2.48. The van der Waals surface area contributed by atoms with Crippen molar-refractivity contribution < 1.29 is 8.42 Å². The molecule has 1 heterocycles. The molecule has 1 fully saturated rings. The number of rotatable bonds is 8. The predicted octanol–water partition coefficient (Wildman–Crippen LogP) is 1.02. The van der Waals surface area contributed by atoms with E-state index in [9.17, 15) is 18.0 Å². The molecule has 7 nitrogen and oxygen atoms in total. The number of sulfone groups is 1. The first kappa shape index (κ1) is 18.3. The van der Waals surface area contributed by atoms with Gasteiger partial charge in [0.15, 0.2) is 9.84 Å². The molecule has 1 aromatic heterocycles. The number of hydrogen-bond acceptors (Lipinski definition) is 5. The van der Waals surface area contributed by atoms with E-state index in [1.807, 2.05) is 30.3 Å². The summed E-state index contributed by atoms with van der Waals surface area (Å²) in [7, 11) is -3.16. The van der Waals surface area contributed by atoms with Crippen LogP contribution in [0.4, 0.5) is 0 Å². The van der Waals surface area contributed by atoms with E-state index in [4.69, 9.17) is 0 Å². The minimum atomic E-state index is -3.16. The molecule has 1 N–H and O–H groups in total. The van der Waals surface area contributed by atoms with Crippen LogP contribution in [0.15, 0.2) is 58.4 Å². The Labute approximate surface area is 151 Å². The van der Waals surface area contributed by atoms with Crippen LogP contribution in [0.25, 0.3) is 0 Å². The molecule has 1 aromatic carbocycles. The number of aromatic nitrogens is 3. The van der Waals surface area contributed by atoms with Crippen LogP contribution in [0.5, 0.6) is 0 Å². The third kappa shape index (κ3) is 4.57. The van der Waals surface area contributed by atoms with Crippen LogP contribution in [0.2, 0.25) is 0 Å². The van der Waals surface area contributed by atoms with Crippen LogP contribution in [0, 0.1) is 0 Å². The van der Waals surface area contributed by atoms with Gasteiger partial charge in [0.1, 0.15) is 6.33 Å². The standard InChI is InChI=1S/C18H21N3O4S/c22-16-19-14-21(17(23)20-16)11-5-2-6-12-26(24,25)13-18(9-10-18)15-7-3-1-4-8-15/h1-5,7-8,14H,6,9-13H2,(H,20,22,23)/b5-2+. The van der Waals surface area contributed by atoms with Crippen molar-refractivity contribution in [1.82, 2.24) is 14.5 Å². The van der Waals surface area contributed by atoms with Crippen LogP contribution in [0.1, 0.15) is 24.8 Å². The lowest BCUT2D eigenvalue weighted by molar-refractivity contribution is 0.585. The van der Waals surface area contributed by atoms with Crippen molar-refractivity contribution in [2.24, 2.45) is 0 Å². The number of allylic oxidation sites excluding steroid dienone is 2. The highest BCUT2D eigenvalue weighted by Gasteiger charge is 2.47. The first-order valence-electron chi connectivity index (χ1n) is 8.47. The van der Waals surface area contributed by atoms with Gasteiger partial charge in [-0.25, -0.2) is 18.0 Å². The largest absolute Gasteiger partial charge is 0.350 e. The second-order valence-electron chi connectivity index (χ2n) is 6.63. The topological polar surface area (TPSA) is 102 Å². The number of nitrogens with zero attached hydrogens (tertiary/aromatic N) is 2. The molecule has 0 saturated heterocycles. The van der Waals surface area contributed by atoms with Crippen LogP contribution >= 0.6 is 0 Å². The number of H-pyrrole nitrogens is 1. The maximum absolute atomic E-state index is 12.4. The smallest absolute Gasteiger partial charge is 0.280 e. The van der Waals surface area contributed by atoms with Gasteiger partial charge in [-0.15, -0.1) is 0 Å². The zero-order valence-electron chi connectivity index (χ0n) is 14.3. The van der Waals surface area contributed by atoms with E-state index in [0.29, 0.717) is 6.42 Å². The van der Waals surface area contributed by atoms with E-state index >= 15 is 0 Å². The van der Waals surface area contributed by atoms with Crippen molar-refractivity contribution in [3.05, 3.63) is 75.3 Å². The molecule has 0 radical (unpaired) electrons. The molecule has 0 atom stereocenters. The fourth-order valence-corrected chi connectivity index (χ4v) is 4.94. The Kier molecular flexibility index (Phi) is 5.22. The molecule has 0 aliphatic heterocycles. The minimum Gasteiger partial charge on any atom is -0.280 e. The second-order valence-corrected chi connectivity index (χ2v) is 8.81. The third-order valence-corrected chi connectivity index (χ3v) is 6.44. The normalized spacial score (nSPS) is 16.0. The van der Waals surface area contributed by atoms with Gasteiger partial charge < -0.3 is 0 Å². The van der Waals surface area contributed by atoms with Crippen LogP contribution in [0.3, 0.4) is 0 Å². The molecule has 0 bridgehead atoms. The van der Waals surface area contributed by atoms with E-state index in [0.717, 1.165) is 18.4 Å². The molecule has 0 spiro atoms. The zero-order chi connectivity index (χ0) is 18.6. The van der Waals surface area contributed by atoms with Crippen LogP contribution < -0.4 is 11.4 Å². The Morgan fingerprint density at radius 3 is 2.54 bits per heavy atom. The van der Waals surface area contributed by atoms with Gasteiger partial charge in [0.25, 0.3) is 0 Å². The SMILES string of the molecule is O=c1ncn(C/C=C/CCS(=O)(=O)CC2(c3ccccc3)CC2)c(=O)[nH]1. The lowest BCUT2D eigenvalue weighted by atomic mass is 9.99. The molecule has 8 heteroatoms. The van der Waals surface area contributed by atoms with Crippen molar-refractivity contribution in [1.29, 1.82) is 0 Å². The predicted molar refractivity (Wildman–Crippen MR) is 98.9 cm³/mol. The van der Waals surface area contributed by atoms with E-state index < -0.39 is 21.2 Å². The van der Waals surface area contributed by atoms with Gasteiger partial charge in [-0.1, -0.05) is 42.5 Å². The molecule has 0 unspecified atom stereocenters. The summed E-state index contributed by atoms with van der Waals surface area (Å²) in [5, 5.41) is 0. The third-order valence-electron chi connectivity index (χ3n) is 4.59. The second kappa shape index (κ2) is 7.41. The molecule has 1 aliphatic rings. The Balaban J connectivity index is 1.52. The molecular formula is C18H21N3O4S. The van der Waals surface area contributed by atoms with Gasteiger partial charge in [-0.3, -0.25) is 9.55 Å². The Bertz CT molecular complexity index is 1000. The van der Waals surface area contributed by atoms with E-state index in [-0.39, 0.29) is 23.5 Å². The highest BCUT2D eigenvalue weighted by Crippen LogP contribution is 2.49. The lowest BCUT2D eigenvalue weighted by Crippen LogP contribution is -2.30. The number of nitrogens with one attached hydrogen (secondary N) is 1. The fraction of sp³-hybridized carbons (Fsp3) is 0.389. The summed E-state index contributed by atoms with van der Waals surface area (Å²) in [6.45, 7) is 0.233. The summed E-state index contributed by atoms with van der Waals surface area (Å²) in [4.78, 5) is 27.9. The Morgan fingerprint density at radius 2 is 1.88 bits per heavy atom. The summed E-state index contributed by atoms with van der Waals surface area (Å²) in [6, 6.07) is 9.82. The first-order valence-corrected chi connectivity index (χ1v) is 10.3. The number of hydrogen-bond donors (Lipinski definition) is 1. The fourth-order valence-electron chi connectivity index (χ4n) is 3.01. The maximum atomic E-state index is 12.4. The minimum absolute atomic E-state index is 0.0802. The number of aromatic amines is 1. The molecule has 1 aliphatic carbocycles. The molecule has 3 rings (SSSR count). The highest BCUT2D eigenvalue weighted by molar-refractivity contribution is 7.91. The summed E-state index contributed by atoms with van der Waals surface area (Å²) in [5.74, 6) is 0.262. The summed E-state index contributed by atoms with van der Waals surface area (Å²) in [6.07, 6.45) is 6.80. The summed E-state index contributed by atoms with van der Waals surface area (Å²) >= 11 is 0. The average molecular weight is 375 g/mol. The highest BCUT2D eigenvalue weighted by atomic mass is 32.2.